The second-order valence-corrected chi connectivity index (χ2v) is 14.7. The molecule has 11 rings (SSSR count). The van der Waals surface area contributed by atoms with Crippen LogP contribution in [0, 0.1) is 0 Å². The maximum Gasteiger partial charge on any atom is 0.164 e. The molecular formula is C49H30N4OS. The Morgan fingerprint density at radius 1 is 0.400 bits per heavy atom. The van der Waals surface area contributed by atoms with E-state index in [4.69, 9.17) is 19.4 Å². The summed E-state index contributed by atoms with van der Waals surface area (Å²) in [6.45, 7) is 0. The number of aromatic nitrogens is 3. The van der Waals surface area contributed by atoms with E-state index in [1.807, 2.05) is 54.6 Å². The fourth-order valence-corrected chi connectivity index (χ4v) is 8.92. The molecule has 0 unspecified atom stereocenters. The summed E-state index contributed by atoms with van der Waals surface area (Å²) in [6.07, 6.45) is 0. The molecule has 0 saturated carbocycles. The van der Waals surface area contributed by atoms with E-state index in [2.05, 4.69) is 132 Å². The predicted molar refractivity (Wildman–Crippen MR) is 225 cm³/mol. The third-order valence-corrected chi connectivity index (χ3v) is 11.4. The van der Waals surface area contributed by atoms with Gasteiger partial charge in [0.1, 0.15) is 11.2 Å². The van der Waals surface area contributed by atoms with E-state index < -0.39 is 0 Å². The van der Waals surface area contributed by atoms with Crippen molar-refractivity contribution in [2.45, 2.75) is 9.79 Å². The molecule has 0 fully saturated rings. The highest BCUT2D eigenvalue weighted by Crippen LogP contribution is 2.52. The van der Waals surface area contributed by atoms with Crippen LogP contribution in [0.3, 0.4) is 0 Å². The number of fused-ring (bicyclic) bond motifs is 5. The van der Waals surface area contributed by atoms with Gasteiger partial charge in [0.25, 0.3) is 0 Å². The van der Waals surface area contributed by atoms with Gasteiger partial charge in [-0.15, -0.1) is 0 Å². The van der Waals surface area contributed by atoms with Crippen LogP contribution >= 0.6 is 11.8 Å². The van der Waals surface area contributed by atoms with Crippen molar-refractivity contribution in [2.75, 3.05) is 4.90 Å². The minimum Gasteiger partial charge on any atom is -0.456 e. The van der Waals surface area contributed by atoms with Crippen molar-refractivity contribution in [3.8, 4) is 45.3 Å². The molecule has 2 aromatic heterocycles. The van der Waals surface area contributed by atoms with Crippen LogP contribution in [0.5, 0.6) is 0 Å². The monoisotopic (exact) mass is 722 g/mol. The maximum absolute atomic E-state index is 6.25. The second kappa shape index (κ2) is 12.8. The second-order valence-electron chi connectivity index (χ2n) is 13.6. The number of para-hydroxylation sites is 3. The number of rotatable bonds is 6. The summed E-state index contributed by atoms with van der Waals surface area (Å²) in [7, 11) is 0. The lowest BCUT2D eigenvalue weighted by Gasteiger charge is -2.29. The van der Waals surface area contributed by atoms with Crippen LogP contribution in [0.2, 0.25) is 0 Å². The Bertz CT molecular complexity index is 3030. The van der Waals surface area contributed by atoms with Crippen molar-refractivity contribution in [2.24, 2.45) is 0 Å². The fraction of sp³-hybridized carbons (Fsp3) is 0. The molecular weight excluding hydrogens is 693 g/mol. The van der Waals surface area contributed by atoms with Crippen molar-refractivity contribution >= 4 is 61.5 Å². The van der Waals surface area contributed by atoms with Crippen LogP contribution in [-0.2, 0) is 0 Å². The van der Waals surface area contributed by atoms with E-state index in [1.165, 1.54) is 31.7 Å². The van der Waals surface area contributed by atoms with Gasteiger partial charge in [-0.05, 0) is 71.8 Å². The zero-order valence-electron chi connectivity index (χ0n) is 29.4. The number of nitrogens with zero attached hydrogens (tertiary/aromatic N) is 4. The molecule has 0 bridgehead atoms. The molecule has 5 nitrogen and oxygen atoms in total. The summed E-state index contributed by atoms with van der Waals surface area (Å²) in [5.74, 6) is 1.85. The van der Waals surface area contributed by atoms with Gasteiger partial charge < -0.3 is 9.32 Å². The molecule has 0 N–H and O–H groups in total. The van der Waals surface area contributed by atoms with Gasteiger partial charge in [-0.25, -0.2) is 15.0 Å². The molecule has 258 valence electrons. The molecule has 1 aliphatic rings. The lowest BCUT2D eigenvalue weighted by atomic mass is 9.95. The van der Waals surface area contributed by atoms with Crippen LogP contribution in [-0.4, -0.2) is 15.0 Å². The van der Waals surface area contributed by atoms with Gasteiger partial charge in [0.2, 0.25) is 0 Å². The normalized spacial score (nSPS) is 11.9. The average Bonchev–Trinajstić information content (AvgIpc) is 3.63. The summed E-state index contributed by atoms with van der Waals surface area (Å²) in [5.41, 5.74) is 10.2. The highest BCUT2D eigenvalue weighted by molar-refractivity contribution is 7.99. The minimum absolute atomic E-state index is 0.598. The van der Waals surface area contributed by atoms with Gasteiger partial charge in [0.15, 0.2) is 17.5 Å². The number of furan rings is 1. The number of hydrogen-bond acceptors (Lipinski definition) is 6. The molecule has 0 aliphatic carbocycles. The van der Waals surface area contributed by atoms with Crippen molar-refractivity contribution < 1.29 is 4.42 Å². The van der Waals surface area contributed by atoms with Gasteiger partial charge in [-0.1, -0.05) is 133 Å². The summed E-state index contributed by atoms with van der Waals surface area (Å²) in [4.78, 5) is 19.9. The quantitative estimate of drug-likeness (QED) is 0.170. The van der Waals surface area contributed by atoms with Gasteiger partial charge in [-0.2, -0.15) is 0 Å². The summed E-state index contributed by atoms with van der Waals surface area (Å²) >= 11 is 1.80. The first kappa shape index (κ1) is 31.5. The lowest BCUT2D eigenvalue weighted by Crippen LogP contribution is -2.10. The first-order chi connectivity index (χ1) is 27.2. The summed E-state index contributed by atoms with van der Waals surface area (Å²) < 4.78 is 6.25. The molecule has 1 aliphatic heterocycles. The smallest absolute Gasteiger partial charge is 0.164 e. The standard InChI is InChI=1S/C49H30N4OS/c1-4-13-31(14-5-1)47-50-48(32-23-25-37-36-19-10-11-22-42(36)54-43(37)29-32)52-49(51-47)33-24-26-38-39-20-12-21-40-41(27-28-44(46(39)40)55-45(38)30-33)53(34-15-6-2-7-16-34)35-17-8-3-9-18-35/h1-30H. The highest BCUT2D eigenvalue weighted by atomic mass is 32.2. The van der Waals surface area contributed by atoms with Crippen LogP contribution in [0.1, 0.15) is 0 Å². The maximum atomic E-state index is 6.25. The Hall–Kier alpha value is -7.02. The Labute approximate surface area is 321 Å². The Balaban J connectivity index is 1.03. The largest absolute Gasteiger partial charge is 0.456 e. The van der Waals surface area contributed by atoms with E-state index in [9.17, 15) is 0 Å². The Kier molecular flexibility index (Phi) is 7.35. The molecule has 8 aromatic carbocycles. The molecule has 0 saturated heterocycles. The van der Waals surface area contributed by atoms with Crippen molar-refractivity contribution in [3.63, 3.8) is 0 Å². The van der Waals surface area contributed by atoms with Gasteiger partial charge in [0.05, 0.1) is 5.69 Å². The van der Waals surface area contributed by atoms with Crippen LogP contribution < -0.4 is 4.90 Å². The zero-order chi connectivity index (χ0) is 36.3. The molecule has 3 heterocycles. The van der Waals surface area contributed by atoms with E-state index in [0.29, 0.717) is 17.5 Å². The molecule has 0 amide bonds. The Morgan fingerprint density at radius 3 is 1.75 bits per heavy atom. The third-order valence-electron chi connectivity index (χ3n) is 10.3. The van der Waals surface area contributed by atoms with Gasteiger partial charge >= 0.3 is 0 Å². The van der Waals surface area contributed by atoms with Crippen molar-refractivity contribution in [3.05, 3.63) is 182 Å². The Morgan fingerprint density at radius 2 is 1.00 bits per heavy atom. The fourth-order valence-electron chi connectivity index (χ4n) is 7.75. The SMILES string of the molecule is c1ccc(-c2nc(-c3ccc4c(c3)Sc3ccc(N(c5ccccc5)c5ccccc5)c5cccc-4c35)nc(-c3ccc4c(c3)oc3ccccc34)n2)cc1. The van der Waals surface area contributed by atoms with Gasteiger partial charge in [0, 0.05) is 59.4 Å². The lowest BCUT2D eigenvalue weighted by molar-refractivity contribution is 0.669. The number of hydrogen-bond donors (Lipinski definition) is 0. The molecule has 0 spiro atoms. The molecule has 10 aromatic rings. The summed E-state index contributed by atoms with van der Waals surface area (Å²) in [5, 5.41) is 4.63. The number of anilines is 3. The molecule has 6 heteroatoms. The first-order valence-corrected chi connectivity index (χ1v) is 19.1. The first-order valence-electron chi connectivity index (χ1n) is 18.3. The van der Waals surface area contributed by atoms with E-state index in [0.717, 1.165) is 55.7 Å². The van der Waals surface area contributed by atoms with E-state index >= 15 is 0 Å². The zero-order valence-corrected chi connectivity index (χ0v) is 30.2. The summed E-state index contributed by atoms with van der Waals surface area (Å²) in [6, 6.07) is 63.4. The predicted octanol–water partition coefficient (Wildman–Crippen LogP) is 13.5. The third kappa shape index (κ3) is 5.38. The topological polar surface area (TPSA) is 55.1 Å². The van der Waals surface area contributed by atoms with Gasteiger partial charge in [-0.3, -0.25) is 0 Å². The van der Waals surface area contributed by atoms with E-state index in [1.54, 1.807) is 11.8 Å². The number of benzene rings is 8. The van der Waals surface area contributed by atoms with Crippen molar-refractivity contribution in [1.29, 1.82) is 0 Å². The minimum atomic E-state index is 0.598. The average molecular weight is 723 g/mol. The van der Waals surface area contributed by atoms with Crippen LogP contribution in [0.15, 0.2) is 196 Å². The molecule has 0 atom stereocenters. The van der Waals surface area contributed by atoms with Crippen molar-refractivity contribution in [1.82, 2.24) is 15.0 Å². The van der Waals surface area contributed by atoms with Crippen LogP contribution in [0.4, 0.5) is 17.1 Å². The van der Waals surface area contributed by atoms with E-state index in [-0.39, 0.29) is 0 Å². The highest BCUT2D eigenvalue weighted by Gasteiger charge is 2.24. The van der Waals surface area contributed by atoms with Crippen LogP contribution in [0.25, 0.3) is 78.0 Å². The molecule has 0 radical (unpaired) electrons. The molecule has 55 heavy (non-hydrogen) atoms.